The molecule has 1 heterocycles. The van der Waals surface area contributed by atoms with Crippen LogP contribution in [-0.4, -0.2) is 91.0 Å². The number of thiazole rings is 1. The van der Waals surface area contributed by atoms with Gasteiger partial charge in [0.05, 0.1) is 19.0 Å². The minimum absolute atomic E-state index is 0.0853. The van der Waals surface area contributed by atoms with E-state index in [-0.39, 0.29) is 49.0 Å². The van der Waals surface area contributed by atoms with Gasteiger partial charge in [0, 0.05) is 32.0 Å². The van der Waals surface area contributed by atoms with Crippen LogP contribution in [0.5, 0.6) is 0 Å². The predicted molar refractivity (Wildman–Crippen MR) is 146 cm³/mol. The second kappa shape index (κ2) is 15.5. The summed E-state index contributed by atoms with van der Waals surface area (Å²) in [5, 5.41) is 29.7. The lowest BCUT2D eigenvalue weighted by Gasteiger charge is -2.33. The van der Waals surface area contributed by atoms with Crippen molar-refractivity contribution in [1.29, 1.82) is 0 Å². The highest BCUT2D eigenvalue weighted by molar-refractivity contribution is 7.09. The van der Waals surface area contributed by atoms with E-state index >= 15 is 0 Å². The molecule has 208 valence electrons. The van der Waals surface area contributed by atoms with E-state index in [2.05, 4.69) is 20.9 Å². The van der Waals surface area contributed by atoms with E-state index in [4.69, 9.17) is 4.74 Å². The van der Waals surface area contributed by atoms with Crippen molar-refractivity contribution in [3.63, 3.8) is 0 Å². The van der Waals surface area contributed by atoms with E-state index in [1.807, 2.05) is 44.2 Å². The Morgan fingerprint density at radius 3 is 2.42 bits per heavy atom. The highest BCUT2D eigenvalue weighted by atomic mass is 32.1. The number of hydrogen-bond acceptors (Lipinski definition) is 9. The molecule has 0 saturated carbocycles. The topological polar surface area (TPSA) is 153 Å². The van der Waals surface area contributed by atoms with Crippen LogP contribution in [0.3, 0.4) is 0 Å². The molecule has 0 aliphatic heterocycles. The quantitative estimate of drug-likeness (QED) is 0.201. The molecule has 5 N–H and O–H groups in total. The molecule has 3 atom stereocenters. The minimum Gasteiger partial charge on any atom is -0.426 e. The third-order valence-corrected chi connectivity index (χ3v) is 7.12. The lowest BCUT2D eigenvalue weighted by atomic mass is 9.76. The SMILES string of the molecule is CNCC(=O)NCC(=O)N(C)C(CC(OC)c1nc(C(=O)NC(Cc2ccccc2)B(O)O)cs1)C(C)C. The van der Waals surface area contributed by atoms with Crippen LogP contribution in [0.1, 0.15) is 47.4 Å². The molecule has 0 spiro atoms. The van der Waals surface area contributed by atoms with Crippen LogP contribution in [-0.2, 0) is 20.7 Å². The first-order valence-corrected chi connectivity index (χ1v) is 13.3. The fraction of sp³-hybridized carbons (Fsp3) is 0.520. The van der Waals surface area contributed by atoms with Gasteiger partial charge in [0.25, 0.3) is 5.91 Å². The van der Waals surface area contributed by atoms with E-state index in [0.717, 1.165) is 5.56 Å². The molecule has 38 heavy (non-hydrogen) atoms. The lowest BCUT2D eigenvalue weighted by Crippen LogP contribution is -2.48. The van der Waals surface area contributed by atoms with Crippen molar-refractivity contribution in [2.45, 2.75) is 44.8 Å². The maximum atomic E-state index is 12.9. The van der Waals surface area contributed by atoms with Gasteiger partial charge in [-0.1, -0.05) is 44.2 Å². The third-order valence-electron chi connectivity index (χ3n) is 6.18. The van der Waals surface area contributed by atoms with Crippen molar-refractivity contribution in [3.8, 4) is 0 Å². The standard InChI is InChI=1S/C25H38BN5O6S/c1-16(2)19(31(4)23(33)14-28-22(32)13-27-3)12-20(37-5)25-29-18(15-38-25)24(34)30-21(26(35)36)11-17-9-7-6-8-10-17/h6-10,15-16,19-21,27,35-36H,11-14H2,1-5H3,(H,28,32)(H,30,34). The number of nitrogens with one attached hydrogen (secondary N) is 3. The third kappa shape index (κ3) is 9.48. The first-order chi connectivity index (χ1) is 18.1. The Morgan fingerprint density at radius 2 is 1.84 bits per heavy atom. The number of ether oxygens (including phenoxy) is 1. The number of carbonyl (C=O) groups excluding carboxylic acids is 3. The van der Waals surface area contributed by atoms with Gasteiger partial charge in [-0.15, -0.1) is 11.3 Å². The minimum atomic E-state index is -1.74. The average molecular weight is 547 g/mol. The summed E-state index contributed by atoms with van der Waals surface area (Å²) in [6.45, 7) is 4.00. The highest BCUT2D eigenvalue weighted by Crippen LogP contribution is 2.29. The van der Waals surface area contributed by atoms with Crippen molar-refractivity contribution in [3.05, 3.63) is 52.0 Å². The van der Waals surface area contributed by atoms with E-state index in [0.29, 0.717) is 11.4 Å². The summed E-state index contributed by atoms with van der Waals surface area (Å²) in [6, 6.07) is 9.00. The molecule has 1 aromatic heterocycles. The Bertz CT molecular complexity index is 1040. The normalized spacial score (nSPS) is 13.5. The van der Waals surface area contributed by atoms with Crippen LogP contribution < -0.4 is 16.0 Å². The van der Waals surface area contributed by atoms with E-state index < -0.39 is 25.1 Å². The number of likely N-dealkylation sites (N-methyl/N-ethyl adjacent to an activating group) is 2. The van der Waals surface area contributed by atoms with Crippen LogP contribution in [0, 0.1) is 5.92 Å². The number of aromatic nitrogens is 1. The van der Waals surface area contributed by atoms with Crippen LogP contribution in [0.2, 0.25) is 0 Å². The highest BCUT2D eigenvalue weighted by Gasteiger charge is 2.30. The van der Waals surface area contributed by atoms with Gasteiger partial charge in [-0.25, -0.2) is 4.98 Å². The summed E-state index contributed by atoms with van der Waals surface area (Å²) in [7, 11) is 3.14. The first-order valence-electron chi connectivity index (χ1n) is 12.4. The number of benzene rings is 1. The lowest BCUT2D eigenvalue weighted by molar-refractivity contribution is -0.134. The van der Waals surface area contributed by atoms with Gasteiger partial charge in [0.1, 0.15) is 16.8 Å². The molecule has 0 aliphatic rings. The Hall–Kier alpha value is -2.84. The van der Waals surface area contributed by atoms with Crippen molar-refractivity contribution in [1.82, 2.24) is 25.8 Å². The summed E-state index contributed by atoms with van der Waals surface area (Å²) >= 11 is 1.25. The molecular formula is C25H38BN5O6S. The zero-order valence-corrected chi connectivity index (χ0v) is 23.3. The molecule has 11 nitrogen and oxygen atoms in total. The Labute approximate surface area is 228 Å². The molecule has 3 unspecified atom stereocenters. The fourth-order valence-electron chi connectivity index (χ4n) is 3.98. The molecule has 0 bridgehead atoms. The summed E-state index contributed by atoms with van der Waals surface area (Å²) in [6.07, 6.45) is 0.196. The van der Waals surface area contributed by atoms with Crippen LogP contribution in [0.4, 0.5) is 0 Å². The molecular weight excluding hydrogens is 509 g/mol. The Balaban J connectivity index is 2.07. The van der Waals surface area contributed by atoms with Crippen molar-refractivity contribution in [2.75, 3.05) is 34.3 Å². The maximum absolute atomic E-state index is 12.9. The fourth-order valence-corrected chi connectivity index (χ4v) is 4.87. The second-order valence-corrected chi connectivity index (χ2v) is 10.2. The van der Waals surface area contributed by atoms with Gasteiger partial charge in [-0.2, -0.15) is 0 Å². The molecule has 0 saturated heterocycles. The van der Waals surface area contributed by atoms with Crippen LogP contribution >= 0.6 is 11.3 Å². The van der Waals surface area contributed by atoms with E-state index in [1.165, 1.54) is 11.3 Å². The molecule has 2 aromatic rings. The zero-order chi connectivity index (χ0) is 28.2. The molecule has 1 aromatic carbocycles. The number of rotatable bonds is 15. The number of amides is 3. The van der Waals surface area contributed by atoms with Crippen molar-refractivity contribution >= 4 is 36.2 Å². The largest absolute Gasteiger partial charge is 0.475 e. The predicted octanol–water partition coefficient (Wildman–Crippen LogP) is 0.392. The molecule has 2 rings (SSSR count). The average Bonchev–Trinajstić information content (AvgIpc) is 3.38. The monoisotopic (exact) mass is 547 g/mol. The zero-order valence-electron chi connectivity index (χ0n) is 22.5. The molecule has 13 heteroatoms. The van der Waals surface area contributed by atoms with Gasteiger partial charge >= 0.3 is 7.12 Å². The number of methoxy groups -OCH3 is 1. The van der Waals surface area contributed by atoms with Gasteiger partial charge in [0.2, 0.25) is 11.8 Å². The summed E-state index contributed by atoms with van der Waals surface area (Å²) < 4.78 is 5.69. The molecule has 0 aliphatic carbocycles. The smallest absolute Gasteiger partial charge is 0.426 e. The maximum Gasteiger partial charge on any atom is 0.475 e. The summed E-state index contributed by atoms with van der Waals surface area (Å²) in [5.41, 5.74) is 0.993. The van der Waals surface area contributed by atoms with Crippen LogP contribution in [0.15, 0.2) is 35.7 Å². The summed E-state index contributed by atoms with van der Waals surface area (Å²) in [4.78, 5) is 43.3. The van der Waals surface area contributed by atoms with E-state index in [1.54, 1.807) is 31.5 Å². The molecule has 0 radical (unpaired) electrons. The number of carbonyl (C=O) groups is 3. The summed E-state index contributed by atoms with van der Waals surface area (Å²) in [5.74, 6) is -1.84. The van der Waals surface area contributed by atoms with Gasteiger partial charge < -0.3 is 35.6 Å². The Morgan fingerprint density at radius 1 is 1.16 bits per heavy atom. The van der Waals surface area contributed by atoms with Gasteiger partial charge in [-0.3, -0.25) is 14.4 Å². The first kappa shape index (κ1) is 31.4. The van der Waals surface area contributed by atoms with Gasteiger partial charge in [-0.05, 0) is 24.9 Å². The second-order valence-electron chi connectivity index (χ2n) is 9.34. The van der Waals surface area contributed by atoms with Crippen LogP contribution in [0.25, 0.3) is 0 Å². The molecule has 0 fully saturated rings. The Kier molecular flexibility index (Phi) is 12.8. The molecule has 3 amide bonds. The number of nitrogens with zero attached hydrogens (tertiary/aromatic N) is 2. The van der Waals surface area contributed by atoms with Crippen molar-refractivity contribution < 1.29 is 29.2 Å². The van der Waals surface area contributed by atoms with Gasteiger partial charge in [0.15, 0.2) is 0 Å². The number of hydrogen-bond donors (Lipinski definition) is 5. The van der Waals surface area contributed by atoms with Crippen molar-refractivity contribution in [2.24, 2.45) is 5.92 Å². The van der Waals surface area contributed by atoms with E-state index in [9.17, 15) is 24.4 Å².